The SMILES string of the molecule is Cl.O=C(CCc1ccc(Cl)s1)N1CCC2(CCNC2)CC1. The molecule has 0 bridgehead atoms. The number of nitrogens with one attached hydrogen (secondary N) is 1. The topological polar surface area (TPSA) is 32.3 Å². The molecule has 3 nitrogen and oxygen atoms in total. The third-order valence-corrected chi connectivity index (χ3v) is 6.01. The first kappa shape index (κ1) is 17.1. The standard InChI is InChI=1S/C15H21ClN2OS.ClH/c16-13-3-1-12(20-13)2-4-14(19)18-9-6-15(7-10-18)5-8-17-11-15;/h1,3,17H,2,4-11H2;1H. The van der Waals surface area contributed by atoms with Crippen LogP contribution in [0.4, 0.5) is 0 Å². The molecule has 3 heterocycles. The molecule has 2 aliphatic rings. The zero-order valence-corrected chi connectivity index (χ0v) is 14.5. The van der Waals surface area contributed by atoms with Crippen LogP contribution in [0, 0.1) is 5.41 Å². The van der Waals surface area contributed by atoms with Crippen molar-refractivity contribution < 1.29 is 4.79 Å². The second-order valence-corrected chi connectivity index (χ2v) is 7.81. The van der Waals surface area contributed by atoms with Gasteiger partial charge in [-0.3, -0.25) is 4.79 Å². The number of amides is 1. The van der Waals surface area contributed by atoms with Crippen molar-refractivity contribution in [3.05, 3.63) is 21.3 Å². The van der Waals surface area contributed by atoms with Crippen LogP contribution in [0.15, 0.2) is 12.1 Å². The molecular weight excluding hydrogens is 327 g/mol. The maximum absolute atomic E-state index is 12.3. The Kier molecular flexibility index (Phi) is 5.95. The summed E-state index contributed by atoms with van der Waals surface area (Å²) in [5.41, 5.74) is 0.484. The molecule has 118 valence electrons. The number of hydrogen-bond acceptors (Lipinski definition) is 3. The normalized spacial score (nSPS) is 20.5. The molecule has 1 spiro atoms. The zero-order chi connectivity index (χ0) is 14.0. The van der Waals surface area contributed by atoms with Gasteiger partial charge in [0, 0.05) is 30.9 Å². The number of hydrogen-bond donors (Lipinski definition) is 1. The molecule has 0 aliphatic carbocycles. The van der Waals surface area contributed by atoms with Gasteiger partial charge in [-0.1, -0.05) is 11.6 Å². The van der Waals surface area contributed by atoms with Crippen LogP contribution in [0.25, 0.3) is 0 Å². The minimum absolute atomic E-state index is 0. The summed E-state index contributed by atoms with van der Waals surface area (Å²) >= 11 is 7.49. The predicted octanol–water partition coefficient (Wildman–Crippen LogP) is 3.36. The maximum Gasteiger partial charge on any atom is 0.222 e. The Morgan fingerprint density at radius 2 is 2.10 bits per heavy atom. The number of rotatable bonds is 3. The van der Waals surface area contributed by atoms with Crippen molar-refractivity contribution in [2.24, 2.45) is 5.41 Å². The number of likely N-dealkylation sites (tertiary alicyclic amines) is 1. The number of aryl methyl sites for hydroxylation is 1. The molecule has 1 aromatic rings. The summed E-state index contributed by atoms with van der Waals surface area (Å²) in [6.07, 6.45) is 5.04. The van der Waals surface area contributed by atoms with Crippen LogP contribution in [0.5, 0.6) is 0 Å². The van der Waals surface area contributed by atoms with Gasteiger partial charge < -0.3 is 10.2 Å². The van der Waals surface area contributed by atoms with Crippen molar-refractivity contribution in [1.82, 2.24) is 10.2 Å². The molecule has 2 saturated heterocycles. The summed E-state index contributed by atoms with van der Waals surface area (Å²) in [4.78, 5) is 15.5. The minimum Gasteiger partial charge on any atom is -0.343 e. The van der Waals surface area contributed by atoms with Crippen LogP contribution in [-0.4, -0.2) is 37.0 Å². The van der Waals surface area contributed by atoms with Crippen LogP contribution in [0.3, 0.4) is 0 Å². The van der Waals surface area contributed by atoms with E-state index in [1.807, 2.05) is 12.1 Å². The highest BCUT2D eigenvalue weighted by Crippen LogP contribution is 2.37. The first-order chi connectivity index (χ1) is 9.67. The number of nitrogens with zero attached hydrogens (tertiary/aromatic N) is 1. The first-order valence-corrected chi connectivity index (χ1v) is 8.59. The molecule has 0 atom stereocenters. The Bertz CT molecular complexity index is 476. The summed E-state index contributed by atoms with van der Waals surface area (Å²) in [7, 11) is 0. The third kappa shape index (κ3) is 4.13. The molecule has 0 radical (unpaired) electrons. The van der Waals surface area contributed by atoms with E-state index in [0.29, 0.717) is 17.7 Å². The number of piperidine rings is 1. The molecule has 0 aromatic carbocycles. The van der Waals surface area contributed by atoms with Gasteiger partial charge in [0.05, 0.1) is 4.34 Å². The van der Waals surface area contributed by atoms with Crippen LogP contribution in [0.1, 0.15) is 30.6 Å². The van der Waals surface area contributed by atoms with E-state index >= 15 is 0 Å². The smallest absolute Gasteiger partial charge is 0.222 e. The van der Waals surface area contributed by atoms with E-state index in [-0.39, 0.29) is 12.4 Å². The quantitative estimate of drug-likeness (QED) is 0.908. The number of carbonyl (C=O) groups excluding carboxylic acids is 1. The van der Waals surface area contributed by atoms with Gasteiger partial charge in [-0.25, -0.2) is 0 Å². The summed E-state index contributed by atoms with van der Waals surface area (Å²) < 4.78 is 0.807. The van der Waals surface area contributed by atoms with Gasteiger partial charge in [-0.2, -0.15) is 0 Å². The summed E-state index contributed by atoms with van der Waals surface area (Å²) in [6, 6.07) is 3.93. The lowest BCUT2D eigenvalue weighted by Gasteiger charge is -2.39. The van der Waals surface area contributed by atoms with Crippen LogP contribution >= 0.6 is 35.3 Å². The molecule has 1 N–H and O–H groups in total. The minimum atomic E-state index is 0. The molecule has 2 fully saturated rings. The van der Waals surface area contributed by atoms with Gasteiger partial charge in [-0.15, -0.1) is 23.7 Å². The van der Waals surface area contributed by atoms with E-state index < -0.39 is 0 Å². The van der Waals surface area contributed by atoms with Gasteiger partial charge >= 0.3 is 0 Å². The van der Waals surface area contributed by atoms with Crippen molar-refractivity contribution in [3.8, 4) is 0 Å². The van der Waals surface area contributed by atoms with E-state index in [1.165, 1.54) is 11.3 Å². The van der Waals surface area contributed by atoms with Gasteiger partial charge in [0.25, 0.3) is 0 Å². The lowest BCUT2D eigenvalue weighted by molar-refractivity contribution is -0.133. The molecule has 1 aromatic heterocycles. The first-order valence-electron chi connectivity index (χ1n) is 7.40. The van der Waals surface area contributed by atoms with Gasteiger partial charge in [0.2, 0.25) is 5.91 Å². The number of halogens is 2. The molecular formula is C15H22Cl2N2OS. The fraction of sp³-hybridized carbons (Fsp3) is 0.667. The molecule has 0 saturated carbocycles. The highest BCUT2D eigenvalue weighted by Gasteiger charge is 2.37. The zero-order valence-electron chi connectivity index (χ0n) is 12.1. The van der Waals surface area contributed by atoms with E-state index in [4.69, 9.17) is 11.6 Å². The van der Waals surface area contributed by atoms with Crippen molar-refractivity contribution >= 4 is 41.3 Å². The maximum atomic E-state index is 12.3. The van der Waals surface area contributed by atoms with Crippen LogP contribution < -0.4 is 5.32 Å². The summed E-state index contributed by atoms with van der Waals surface area (Å²) in [5, 5.41) is 3.46. The molecule has 3 rings (SSSR count). The largest absolute Gasteiger partial charge is 0.343 e. The molecule has 1 amide bonds. The number of thiophene rings is 1. The second kappa shape index (κ2) is 7.32. The molecule has 21 heavy (non-hydrogen) atoms. The summed E-state index contributed by atoms with van der Waals surface area (Å²) in [6.45, 7) is 4.16. The Morgan fingerprint density at radius 3 is 2.67 bits per heavy atom. The highest BCUT2D eigenvalue weighted by molar-refractivity contribution is 7.16. The monoisotopic (exact) mass is 348 g/mol. The predicted molar refractivity (Wildman–Crippen MR) is 90.6 cm³/mol. The second-order valence-electron chi connectivity index (χ2n) is 6.01. The van der Waals surface area contributed by atoms with Gasteiger partial charge in [0.1, 0.15) is 0 Å². The van der Waals surface area contributed by atoms with E-state index in [0.717, 1.165) is 49.8 Å². The van der Waals surface area contributed by atoms with Gasteiger partial charge in [-0.05, 0) is 49.8 Å². The molecule has 2 aliphatic heterocycles. The van der Waals surface area contributed by atoms with Crippen molar-refractivity contribution in [2.75, 3.05) is 26.2 Å². The molecule has 0 unspecified atom stereocenters. The van der Waals surface area contributed by atoms with E-state index in [1.54, 1.807) is 11.3 Å². The highest BCUT2D eigenvalue weighted by atomic mass is 35.5. The third-order valence-electron chi connectivity index (χ3n) is 4.72. The Labute approximate surface area is 141 Å². The van der Waals surface area contributed by atoms with Crippen molar-refractivity contribution in [2.45, 2.75) is 32.1 Å². The average molecular weight is 349 g/mol. The van der Waals surface area contributed by atoms with Crippen LogP contribution in [-0.2, 0) is 11.2 Å². The van der Waals surface area contributed by atoms with Crippen molar-refractivity contribution in [1.29, 1.82) is 0 Å². The fourth-order valence-electron chi connectivity index (χ4n) is 3.33. The van der Waals surface area contributed by atoms with Crippen molar-refractivity contribution in [3.63, 3.8) is 0 Å². The van der Waals surface area contributed by atoms with Gasteiger partial charge in [0.15, 0.2) is 0 Å². The van der Waals surface area contributed by atoms with E-state index in [2.05, 4.69) is 10.2 Å². The average Bonchev–Trinajstić information content (AvgIpc) is 3.07. The van der Waals surface area contributed by atoms with Crippen LogP contribution in [0.2, 0.25) is 4.34 Å². The summed E-state index contributed by atoms with van der Waals surface area (Å²) in [5.74, 6) is 0.301. The lowest BCUT2D eigenvalue weighted by atomic mass is 9.78. The fourth-order valence-corrected chi connectivity index (χ4v) is 4.41. The number of carbonyl (C=O) groups is 1. The Balaban J connectivity index is 0.00000161. The Hall–Kier alpha value is -0.290. The van der Waals surface area contributed by atoms with E-state index in [9.17, 15) is 4.79 Å². The lowest BCUT2D eigenvalue weighted by Crippen LogP contribution is -2.44. The Morgan fingerprint density at radius 1 is 1.33 bits per heavy atom. The molecule has 6 heteroatoms.